The number of nitrogens with zero attached hydrogens (tertiary/aromatic N) is 3. The van der Waals surface area contributed by atoms with E-state index < -0.39 is 18.2 Å². The molecule has 2 aliphatic rings. The number of guanidine groups is 1. The average Bonchev–Trinajstić information content (AvgIpc) is 3.53. The number of carbonyl (C=O) groups is 2. The van der Waals surface area contributed by atoms with Crippen molar-refractivity contribution in [2.75, 3.05) is 20.5 Å². The summed E-state index contributed by atoms with van der Waals surface area (Å²) >= 11 is 0. The number of ether oxygens (including phenoxy) is 3. The van der Waals surface area contributed by atoms with E-state index in [0.29, 0.717) is 22.6 Å². The van der Waals surface area contributed by atoms with Crippen molar-refractivity contribution in [1.82, 2.24) is 9.47 Å². The third kappa shape index (κ3) is 3.67. The fraction of sp³-hybridized carbons (Fsp3) is 0.240. The van der Waals surface area contributed by atoms with Gasteiger partial charge in [-0.1, -0.05) is 24.3 Å². The number of fused-ring (bicyclic) bond motifs is 1. The van der Waals surface area contributed by atoms with Crippen molar-refractivity contribution < 1.29 is 28.2 Å². The van der Waals surface area contributed by atoms with Crippen LogP contribution in [0.4, 0.5) is 4.39 Å². The van der Waals surface area contributed by atoms with E-state index in [2.05, 4.69) is 4.99 Å². The van der Waals surface area contributed by atoms with Crippen LogP contribution in [-0.4, -0.2) is 47.8 Å². The van der Waals surface area contributed by atoms with Crippen LogP contribution < -0.4 is 19.9 Å². The highest BCUT2D eigenvalue weighted by Crippen LogP contribution is 2.43. The van der Waals surface area contributed by atoms with Gasteiger partial charge in [0.15, 0.2) is 23.0 Å². The monoisotopic (exact) mass is 478 g/mol. The van der Waals surface area contributed by atoms with Crippen molar-refractivity contribution in [3.05, 3.63) is 65.9 Å². The Balaban J connectivity index is 1.66. The van der Waals surface area contributed by atoms with Gasteiger partial charge < -0.3 is 24.5 Å². The number of nitrogens with two attached hydrogens (primary N) is 1. The van der Waals surface area contributed by atoms with Gasteiger partial charge in [0.2, 0.25) is 12.7 Å². The van der Waals surface area contributed by atoms with Crippen molar-refractivity contribution >= 4 is 17.8 Å². The Morgan fingerprint density at radius 2 is 1.91 bits per heavy atom. The van der Waals surface area contributed by atoms with Crippen LogP contribution in [0.1, 0.15) is 18.1 Å². The van der Waals surface area contributed by atoms with E-state index >= 15 is 0 Å². The van der Waals surface area contributed by atoms with Gasteiger partial charge in [-0.05, 0) is 34.9 Å². The molecule has 1 atom stereocenters. The molecule has 0 saturated carbocycles. The number of esters is 1. The maximum Gasteiger partial charge on any atom is 0.309 e. The highest BCUT2D eigenvalue weighted by molar-refractivity contribution is 6.09. The summed E-state index contributed by atoms with van der Waals surface area (Å²) in [4.78, 5) is 31.1. The summed E-state index contributed by atoms with van der Waals surface area (Å²) in [6, 6.07) is 14.5. The lowest BCUT2D eigenvalue weighted by Crippen LogP contribution is -2.41. The van der Waals surface area contributed by atoms with Gasteiger partial charge in [0.1, 0.15) is 6.67 Å². The van der Waals surface area contributed by atoms with Gasteiger partial charge in [-0.2, -0.15) is 0 Å². The molecule has 0 bridgehead atoms. The zero-order chi connectivity index (χ0) is 24.7. The molecular formula is C25H23FN4O5. The first kappa shape index (κ1) is 22.5. The molecule has 1 amide bonds. The SMILES string of the molecule is CC(=O)Oc1cc(C2(c3cccc(-c4ccc5c(c4)OCO5)c3)N=C(N)N(C)C2=O)cn1CCF. The molecule has 5 rings (SSSR count). The number of hydrogen-bond acceptors (Lipinski definition) is 7. The maximum atomic E-state index is 13.6. The van der Waals surface area contributed by atoms with Crippen molar-refractivity contribution in [3.8, 4) is 28.5 Å². The fourth-order valence-corrected chi connectivity index (χ4v) is 4.37. The van der Waals surface area contributed by atoms with Crippen LogP contribution in [0.2, 0.25) is 0 Å². The molecular weight excluding hydrogens is 455 g/mol. The molecule has 10 heteroatoms. The van der Waals surface area contributed by atoms with E-state index in [0.717, 1.165) is 11.1 Å². The van der Waals surface area contributed by atoms with E-state index in [1.165, 1.54) is 29.5 Å². The van der Waals surface area contributed by atoms with Gasteiger partial charge in [0.25, 0.3) is 5.91 Å². The molecule has 9 nitrogen and oxygen atoms in total. The average molecular weight is 478 g/mol. The first-order valence-electron chi connectivity index (χ1n) is 10.9. The van der Waals surface area contributed by atoms with Gasteiger partial charge in [-0.25, -0.2) is 9.38 Å². The highest BCUT2D eigenvalue weighted by atomic mass is 19.1. The number of amides is 1. The molecule has 0 fully saturated rings. The molecule has 0 spiro atoms. The highest BCUT2D eigenvalue weighted by Gasteiger charge is 2.50. The van der Waals surface area contributed by atoms with E-state index in [1.54, 1.807) is 12.3 Å². The fourth-order valence-electron chi connectivity index (χ4n) is 4.37. The molecule has 1 unspecified atom stereocenters. The molecule has 0 saturated heterocycles. The summed E-state index contributed by atoms with van der Waals surface area (Å²) in [6.45, 7) is 0.673. The Kier molecular flexibility index (Phi) is 5.43. The Labute approximate surface area is 200 Å². The molecule has 35 heavy (non-hydrogen) atoms. The number of hydrogen-bond donors (Lipinski definition) is 1. The minimum absolute atomic E-state index is 0.0377. The second-order valence-electron chi connectivity index (χ2n) is 8.24. The Bertz CT molecular complexity index is 1370. The van der Waals surface area contributed by atoms with E-state index in [-0.39, 0.29) is 31.1 Å². The summed E-state index contributed by atoms with van der Waals surface area (Å²) in [5, 5.41) is 0. The minimum Gasteiger partial charge on any atom is -0.454 e. The summed E-state index contributed by atoms with van der Waals surface area (Å²) < 4.78 is 30.8. The molecule has 0 aliphatic carbocycles. The normalized spacial score (nSPS) is 18.7. The smallest absolute Gasteiger partial charge is 0.309 e. The topological polar surface area (TPSA) is 108 Å². The van der Waals surface area contributed by atoms with E-state index in [4.69, 9.17) is 19.9 Å². The standard InChI is InChI=1S/C25H23FN4O5/c1-15(31)35-22-12-19(13-30(22)9-8-26)25(23(32)29(2)24(27)28-25)18-5-3-4-16(10-18)17-6-7-20-21(11-17)34-14-33-20/h3-7,10-13H,8-9,14H2,1-2H3,(H2,27,28). The van der Waals surface area contributed by atoms with Gasteiger partial charge in [-0.3, -0.25) is 14.5 Å². The second kappa shape index (κ2) is 8.46. The number of aromatic nitrogens is 1. The molecule has 3 heterocycles. The number of rotatable bonds is 6. The second-order valence-corrected chi connectivity index (χ2v) is 8.24. The molecule has 2 aliphatic heterocycles. The zero-order valence-electron chi connectivity index (χ0n) is 19.2. The van der Waals surface area contributed by atoms with Crippen LogP contribution in [0.3, 0.4) is 0 Å². The number of alkyl halides is 1. The predicted molar refractivity (Wildman–Crippen MR) is 125 cm³/mol. The largest absolute Gasteiger partial charge is 0.454 e. The number of aryl methyl sites for hydroxylation is 1. The third-order valence-corrected chi connectivity index (χ3v) is 6.07. The van der Waals surface area contributed by atoms with Crippen LogP contribution in [0.25, 0.3) is 11.1 Å². The van der Waals surface area contributed by atoms with Crippen molar-refractivity contribution in [2.24, 2.45) is 10.7 Å². The molecule has 1 aromatic heterocycles. The first-order valence-corrected chi connectivity index (χ1v) is 10.9. The predicted octanol–water partition coefficient (Wildman–Crippen LogP) is 2.81. The Morgan fingerprint density at radius 3 is 2.63 bits per heavy atom. The Hall–Kier alpha value is -4.34. The molecule has 2 N–H and O–H groups in total. The van der Waals surface area contributed by atoms with Crippen LogP contribution in [0.15, 0.2) is 59.7 Å². The van der Waals surface area contributed by atoms with Crippen LogP contribution in [-0.2, 0) is 21.7 Å². The van der Waals surface area contributed by atoms with Gasteiger partial charge >= 0.3 is 5.97 Å². The third-order valence-electron chi connectivity index (χ3n) is 6.07. The molecule has 3 aromatic rings. The van der Waals surface area contributed by atoms with E-state index in [1.807, 2.05) is 36.4 Å². The number of aliphatic imine (C=N–C) groups is 1. The van der Waals surface area contributed by atoms with Gasteiger partial charge in [0, 0.05) is 31.8 Å². The molecule has 2 aromatic carbocycles. The van der Waals surface area contributed by atoms with Crippen molar-refractivity contribution in [3.63, 3.8) is 0 Å². The number of likely N-dealkylation sites (N-methyl/N-ethyl adjacent to an activating group) is 1. The summed E-state index contributed by atoms with van der Waals surface area (Å²) in [7, 11) is 1.54. The number of benzene rings is 2. The van der Waals surface area contributed by atoms with Crippen molar-refractivity contribution in [1.29, 1.82) is 0 Å². The van der Waals surface area contributed by atoms with Crippen LogP contribution in [0, 0.1) is 0 Å². The lowest BCUT2D eigenvalue weighted by Gasteiger charge is -2.25. The lowest BCUT2D eigenvalue weighted by atomic mass is 9.83. The number of halogens is 1. The van der Waals surface area contributed by atoms with Crippen LogP contribution in [0.5, 0.6) is 17.4 Å². The van der Waals surface area contributed by atoms with Crippen molar-refractivity contribution in [2.45, 2.75) is 19.0 Å². The summed E-state index contributed by atoms with van der Waals surface area (Å²) in [5.74, 6) is 0.508. The van der Waals surface area contributed by atoms with E-state index in [9.17, 15) is 14.0 Å². The maximum absolute atomic E-state index is 13.6. The lowest BCUT2D eigenvalue weighted by molar-refractivity contribution is -0.132. The first-order chi connectivity index (χ1) is 16.8. The van der Waals surface area contributed by atoms with Gasteiger partial charge in [0.05, 0.1) is 6.54 Å². The van der Waals surface area contributed by atoms with Crippen LogP contribution >= 0.6 is 0 Å². The summed E-state index contributed by atoms with van der Waals surface area (Å²) in [5.41, 5.74) is 7.18. The minimum atomic E-state index is -1.54. The quantitative estimate of drug-likeness (QED) is 0.546. The zero-order valence-corrected chi connectivity index (χ0v) is 19.2. The molecule has 180 valence electrons. The number of carbonyl (C=O) groups excluding carboxylic acids is 2. The Morgan fingerprint density at radius 1 is 1.14 bits per heavy atom. The summed E-state index contributed by atoms with van der Waals surface area (Å²) in [6.07, 6.45) is 1.57. The molecule has 0 radical (unpaired) electrons. The van der Waals surface area contributed by atoms with Gasteiger partial charge in [-0.15, -0.1) is 0 Å².